The third-order valence-electron chi connectivity index (χ3n) is 7.39. The molecule has 222 valence electrons. The van der Waals surface area contributed by atoms with Gasteiger partial charge in [-0.25, -0.2) is 0 Å². The monoisotopic (exact) mass is 579 g/mol. The van der Waals surface area contributed by atoms with Crippen LogP contribution in [0.2, 0.25) is 0 Å². The van der Waals surface area contributed by atoms with Gasteiger partial charge >= 0.3 is 0 Å². The predicted molar refractivity (Wildman–Crippen MR) is 164 cm³/mol. The Morgan fingerprint density at radius 3 is 1.51 bits per heavy atom. The highest BCUT2D eigenvalue weighted by Crippen LogP contribution is 2.38. The van der Waals surface area contributed by atoms with Gasteiger partial charge in [0.05, 0.1) is 33.0 Å². The average molecular weight is 580 g/mol. The second-order valence-electron chi connectivity index (χ2n) is 10.6. The molecule has 5 rings (SSSR count). The summed E-state index contributed by atoms with van der Waals surface area (Å²) >= 11 is 0. The Morgan fingerprint density at radius 1 is 0.628 bits per heavy atom. The van der Waals surface area contributed by atoms with Crippen molar-refractivity contribution >= 4 is 0 Å². The highest BCUT2D eigenvalue weighted by atomic mass is 16.6. The van der Waals surface area contributed by atoms with E-state index in [1.54, 1.807) is 6.92 Å². The Morgan fingerprint density at radius 2 is 1.05 bits per heavy atom. The number of hydrogen-bond acceptors (Lipinski definition) is 6. The number of nitrogens with zero attached hydrogens (tertiary/aromatic N) is 3. The van der Waals surface area contributed by atoms with E-state index in [0.29, 0.717) is 19.8 Å². The van der Waals surface area contributed by atoms with Crippen LogP contribution in [-0.4, -0.2) is 36.7 Å². The van der Waals surface area contributed by atoms with E-state index in [2.05, 4.69) is 10.0 Å². The van der Waals surface area contributed by atoms with Gasteiger partial charge in [-0.15, -0.1) is 0 Å². The Hall–Kier alpha value is -4.01. The number of hydrogen-bond donors (Lipinski definition) is 0. The molecule has 0 bridgehead atoms. The molecule has 4 aromatic carbocycles. The van der Waals surface area contributed by atoms with Gasteiger partial charge in [0.2, 0.25) is 0 Å². The first-order valence-electron chi connectivity index (χ1n) is 14.5. The predicted octanol–water partition coefficient (Wildman–Crippen LogP) is 7.38. The highest BCUT2D eigenvalue weighted by molar-refractivity contribution is 5.17. The molecule has 43 heavy (non-hydrogen) atoms. The molecule has 0 unspecified atom stereocenters. The quantitative estimate of drug-likeness (QED) is 0.0882. The van der Waals surface area contributed by atoms with Crippen LogP contribution in [0.5, 0.6) is 0 Å². The van der Waals surface area contributed by atoms with Gasteiger partial charge in [0, 0.05) is 4.91 Å². The largest absolute Gasteiger partial charge is 0.374 e. The zero-order chi connectivity index (χ0) is 29.7. The Bertz CT molecular complexity index is 1420. The maximum Gasteiger partial charge on any atom is 0.173 e. The molecule has 0 amide bonds. The first kappa shape index (κ1) is 30.4. The van der Waals surface area contributed by atoms with Crippen LogP contribution in [0.15, 0.2) is 126 Å². The molecule has 8 nitrogen and oxygen atoms in total. The van der Waals surface area contributed by atoms with E-state index in [4.69, 9.17) is 23.7 Å². The summed E-state index contributed by atoms with van der Waals surface area (Å²) in [6.07, 6.45) is -2.64. The van der Waals surface area contributed by atoms with Crippen molar-refractivity contribution in [2.45, 2.75) is 63.5 Å². The van der Waals surface area contributed by atoms with Gasteiger partial charge in [0.25, 0.3) is 0 Å². The Labute approximate surface area is 252 Å². The summed E-state index contributed by atoms with van der Waals surface area (Å²) in [6, 6.07) is 39.6. The molecule has 0 spiro atoms. The normalized spacial score (nSPS) is 23.4. The van der Waals surface area contributed by atoms with E-state index in [1.807, 2.05) is 121 Å². The average Bonchev–Trinajstić information content (AvgIpc) is 3.05. The molecule has 0 N–H and O–H groups in total. The molecule has 1 fully saturated rings. The molecule has 4 aromatic rings. The molecule has 0 aromatic heterocycles. The van der Waals surface area contributed by atoms with Gasteiger partial charge in [-0.3, -0.25) is 0 Å². The van der Waals surface area contributed by atoms with Crippen LogP contribution >= 0.6 is 0 Å². The molecule has 0 aliphatic carbocycles. The van der Waals surface area contributed by atoms with Crippen molar-refractivity contribution in [3.8, 4) is 0 Å². The van der Waals surface area contributed by atoms with Crippen molar-refractivity contribution in [3.05, 3.63) is 154 Å². The van der Waals surface area contributed by atoms with E-state index < -0.39 is 30.1 Å². The molecule has 1 aliphatic heterocycles. The summed E-state index contributed by atoms with van der Waals surface area (Å²) in [6.45, 7) is 3.25. The van der Waals surface area contributed by atoms with Gasteiger partial charge in [-0.2, -0.15) is 0 Å². The second kappa shape index (κ2) is 15.5. The Balaban J connectivity index is 1.45. The van der Waals surface area contributed by atoms with Crippen molar-refractivity contribution < 1.29 is 23.7 Å². The first-order valence-corrected chi connectivity index (χ1v) is 14.5. The zero-order valence-electron chi connectivity index (χ0n) is 24.3. The molecule has 5 atom stereocenters. The first-order chi connectivity index (χ1) is 21.1. The van der Waals surface area contributed by atoms with Crippen molar-refractivity contribution in [1.29, 1.82) is 0 Å². The van der Waals surface area contributed by atoms with E-state index in [0.717, 1.165) is 22.3 Å². The summed E-state index contributed by atoms with van der Waals surface area (Å²) in [7, 11) is 0. The van der Waals surface area contributed by atoms with Gasteiger partial charge < -0.3 is 23.7 Å². The van der Waals surface area contributed by atoms with Crippen LogP contribution in [-0.2, 0) is 50.1 Å². The lowest BCUT2D eigenvalue weighted by molar-refractivity contribution is -0.302. The third-order valence-corrected chi connectivity index (χ3v) is 7.39. The van der Waals surface area contributed by atoms with Crippen molar-refractivity contribution in [1.82, 2.24) is 0 Å². The highest BCUT2D eigenvalue weighted by Gasteiger charge is 2.54. The van der Waals surface area contributed by atoms with Gasteiger partial charge in [-0.1, -0.05) is 126 Å². The van der Waals surface area contributed by atoms with Crippen molar-refractivity contribution in [2.24, 2.45) is 5.11 Å². The van der Waals surface area contributed by atoms with E-state index in [9.17, 15) is 5.53 Å². The van der Waals surface area contributed by atoms with Crippen LogP contribution in [0.25, 0.3) is 10.4 Å². The lowest BCUT2D eigenvalue weighted by Crippen LogP contribution is -2.65. The molecular weight excluding hydrogens is 542 g/mol. The minimum absolute atomic E-state index is 0.196. The Kier molecular flexibility index (Phi) is 10.9. The van der Waals surface area contributed by atoms with Gasteiger partial charge in [0.1, 0.15) is 24.4 Å². The number of benzene rings is 4. The second-order valence-corrected chi connectivity index (χ2v) is 10.6. The van der Waals surface area contributed by atoms with Crippen LogP contribution in [0.4, 0.5) is 0 Å². The lowest BCUT2D eigenvalue weighted by Gasteiger charge is -2.49. The van der Waals surface area contributed by atoms with Crippen molar-refractivity contribution in [3.63, 3.8) is 0 Å². The van der Waals surface area contributed by atoms with E-state index >= 15 is 0 Å². The fraction of sp³-hybridized carbons (Fsp3) is 0.314. The third kappa shape index (κ3) is 8.52. The standard InChI is InChI=1S/C35H37N3O5/c1-35(37-38-36)34(42-25-30-20-12-5-13-21-30)33(41-24-29-18-10-4-11-19-29)32(40-23-28-16-8-3-9-17-28)31(43-35)26-39-22-27-14-6-2-7-15-27/h2-21,31-34H,22-26H2,1H3/t31-,32-,33+,34-,35+/m1/s1. The molecular formula is C35H37N3O5. The molecule has 1 saturated heterocycles. The van der Waals surface area contributed by atoms with Gasteiger partial charge in [0.15, 0.2) is 5.72 Å². The summed E-state index contributed by atoms with van der Waals surface area (Å²) in [5, 5.41) is 4.13. The molecule has 0 saturated carbocycles. The number of azide groups is 1. The topological polar surface area (TPSA) is 94.9 Å². The van der Waals surface area contributed by atoms with Crippen LogP contribution < -0.4 is 0 Å². The summed E-state index contributed by atoms with van der Waals surface area (Å²) in [5.74, 6) is 0. The number of rotatable bonds is 14. The summed E-state index contributed by atoms with van der Waals surface area (Å²) in [5.41, 5.74) is 12.3. The molecule has 1 aliphatic rings. The summed E-state index contributed by atoms with van der Waals surface area (Å²) < 4.78 is 32.5. The fourth-order valence-electron chi connectivity index (χ4n) is 5.22. The minimum atomic E-state index is -1.39. The molecule has 8 heteroatoms. The minimum Gasteiger partial charge on any atom is -0.374 e. The number of ether oxygens (including phenoxy) is 5. The maximum atomic E-state index is 9.63. The van der Waals surface area contributed by atoms with E-state index in [1.165, 1.54) is 0 Å². The van der Waals surface area contributed by atoms with Crippen LogP contribution in [0.3, 0.4) is 0 Å². The molecule has 1 heterocycles. The van der Waals surface area contributed by atoms with Crippen LogP contribution in [0, 0.1) is 0 Å². The van der Waals surface area contributed by atoms with Gasteiger partial charge in [-0.05, 0) is 34.7 Å². The molecule has 0 radical (unpaired) electrons. The smallest absolute Gasteiger partial charge is 0.173 e. The zero-order valence-corrected chi connectivity index (χ0v) is 24.3. The van der Waals surface area contributed by atoms with Crippen molar-refractivity contribution in [2.75, 3.05) is 6.61 Å². The van der Waals surface area contributed by atoms with Crippen LogP contribution in [0.1, 0.15) is 29.2 Å². The SMILES string of the molecule is C[C@]1(N=[N+]=[N-])O[C@H](COCc2ccccc2)[C@@H](OCc2ccccc2)[C@H](OCc2ccccc2)[C@H]1OCc1ccccc1. The maximum absolute atomic E-state index is 9.63. The fourth-order valence-corrected chi connectivity index (χ4v) is 5.22. The summed E-state index contributed by atoms with van der Waals surface area (Å²) in [4.78, 5) is 3.15. The van der Waals surface area contributed by atoms with E-state index in [-0.39, 0.29) is 13.2 Å². The lowest BCUT2D eigenvalue weighted by atomic mass is 9.91.